The van der Waals surface area contributed by atoms with E-state index in [0.29, 0.717) is 37.4 Å². The fraction of sp³-hybridized carbons (Fsp3) is 0.333. The number of alkyl halides is 3. The second kappa shape index (κ2) is 7.10. The maximum atomic E-state index is 12.9. The van der Waals surface area contributed by atoms with Crippen molar-refractivity contribution in [1.29, 1.82) is 0 Å². The van der Waals surface area contributed by atoms with E-state index < -0.39 is 11.7 Å². The Hall–Kier alpha value is -3.17. The fourth-order valence-electron chi connectivity index (χ4n) is 3.31. The second-order valence-corrected chi connectivity index (χ2v) is 6.64. The standard InChI is InChI=1S/C18H17F3N6O/c19-18(20,21)12-3-1-2-11(8-12)17(28)27-6-4-13(5-7-27)25-15-14-9-24-26-16(14)23-10-22-15/h1-3,8-10,13H,4-7H2,(H2,22,23,24,25,26). The van der Waals surface area contributed by atoms with E-state index >= 15 is 0 Å². The summed E-state index contributed by atoms with van der Waals surface area (Å²) >= 11 is 0. The number of carbonyl (C=O) groups excluding carboxylic acids is 1. The third kappa shape index (κ3) is 3.62. The van der Waals surface area contributed by atoms with Crippen LogP contribution in [0.15, 0.2) is 36.8 Å². The van der Waals surface area contributed by atoms with Gasteiger partial charge in [0.05, 0.1) is 17.1 Å². The number of amides is 1. The Morgan fingerprint density at radius 3 is 2.75 bits per heavy atom. The number of nitrogens with one attached hydrogen (secondary N) is 2. The SMILES string of the molecule is O=C(c1cccc(C(F)(F)F)c1)N1CCC(Nc2ncnc3[nH]ncc23)CC1. The summed E-state index contributed by atoms with van der Waals surface area (Å²) in [5.74, 6) is 0.283. The predicted molar refractivity (Wildman–Crippen MR) is 95.7 cm³/mol. The van der Waals surface area contributed by atoms with Crippen LogP contribution in [0.25, 0.3) is 11.0 Å². The number of benzene rings is 1. The monoisotopic (exact) mass is 390 g/mol. The minimum absolute atomic E-state index is 0.0529. The number of likely N-dealkylation sites (tertiary alicyclic amines) is 1. The molecule has 1 aliphatic heterocycles. The number of aromatic amines is 1. The molecule has 0 radical (unpaired) electrons. The van der Waals surface area contributed by atoms with E-state index in [-0.39, 0.29) is 17.5 Å². The van der Waals surface area contributed by atoms with Gasteiger partial charge in [-0.05, 0) is 31.0 Å². The van der Waals surface area contributed by atoms with E-state index in [4.69, 9.17) is 0 Å². The van der Waals surface area contributed by atoms with Crippen molar-refractivity contribution in [1.82, 2.24) is 25.1 Å². The lowest BCUT2D eigenvalue weighted by Crippen LogP contribution is -2.42. The Bertz CT molecular complexity index is 994. The Morgan fingerprint density at radius 2 is 2.00 bits per heavy atom. The van der Waals surface area contributed by atoms with Gasteiger partial charge < -0.3 is 10.2 Å². The van der Waals surface area contributed by atoms with Gasteiger partial charge in [0.2, 0.25) is 0 Å². The van der Waals surface area contributed by atoms with Gasteiger partial charge in [-0.3, -0.25) is 9.89 Å². The van der Waals surface area contributed by atoms with Gasteiger partial charge in [0.15, 0.2) is 5.65 Å². The maximum absolute atomic E-state index is 12.9. The molecule has 0 atom stereocenters. The van der Waals surface area contributed by atoms with Crippen LogP contribution in [-0.4, -0.2) is 50.1 Å². The molecule has 146 valence electrons. The minimum Gasteiger partial charge on any atom is -0.366 e. The van der Waals surface area contributed by atoms with Crippen LogP contribution >= 0.6 is 0 Å². The first-order valence-electron chi connectivity index (χ1n) is 8.79. The summed E-state index contributed by atoms with van der Waals surface area (Å²) in [6.07, 6.45) is -0.0651. The molecule has 1 aromatic carbocycles. The minimum atomic E-state index is -4.47. The highest BCUT2D eigenvalue weighted by Crippen LogP contribution is 2.30. The van der Waals surface area contributed by atoms with Crippen molar-refractivity contribution >= 4 is 22.8 Å². The molecule has 10 heteroatoms. The molecule has 4 rings (SSSR count). The summed E-state index contributed by atoms with van der Waals surface area (Å²) in [5.41, 5.74) is -0.130. The molecule has 7 nitrogen and oxygen atoms in total. The lowest BCUT2D eigenvalue weighted by atomic mass is 10.0. The highest BCUT2D eigenvalue weighted by molar-refractivity contribution is 5.94. The molecule has 2 N–H and O–H groups in total. The molecule has 1 saturated heterocycles. The van der Waals surface area contributed by atoms with Crippen molar-refractivity contribution < 1.29 is 18.0 Å². The molecule has 28 heavy (non-hydrogen) atoms. The van der Waals surface area contributed by atoms with Crippen LogP contribution in [-0.2, 0) is 6.18 Å². The second-order valence-electron chi connectivity index (χ2n) is 6.64. The van der Waals surface area contributed by atoms with Gasteiger partial charge >= 0.3 is 6.18 Å². The topological polar surface area (TPSA) is 86.8 Å². The number of piperidine rings is 1. The zero-order valence-electron chi connectivity index (χ0n) is 14.7. The van der Waals surface area contributed by atoms with Crippen molar-refractivity contribution in [2.24, 2.45) is 0 Å². The van der Waals surface area contributed by atoms with Crippen LogP contribution in [0.4, 0.5) is 19.0 Å². The first-order chi connectivity index (χ1) is 13.4. The summed E-state index contributed by atoms with van der Waals surface area (Å²) in [4.78, 5) is 22.5. The van der Waals surface area contributed by atoms with Crippen LogP contribution < -0.4 is 5.32 Å². The summed E-state index contributed by atoms with van der Waals surface area (Å²) in [5, 5.41) is 10.8. The van der Waals surface area contributed by atoms with E-state index in [1.807, 2.05) is 0 Å². The average molecular weight is 390 g/mol. The number of hydrogen-bond acceptors (Lipinski definition) is 5. The van der Waals surface area contributed by atoms with E-state index in [9.17, 15) is 18.0 Å². The molecular formula is C18H17F3N6O. The number of rotatable bonds is 3. The van der Waals surface area contributed by atoms with Gasteiger partial charge in [-0.25, -0.2) is 9.97 Å². The zero-order valence-corrected chi connectivity index (χ0v) is 14.7. The molecular weight excluding hydrogens is 373 g/mol. The quantitative estimate of drug-likeness (QED) is 0.718. The third-order valence-corrected chi connectivity index (χ3v) is 4.81. The van der Waals surface area contributed by atoms with Gasteiger partial charge in [-0.2, -0.15) is 18.3 Å². The van der Waals surface area contributed by atoms with Crippen LogP contribution in [0.1, 0.15) is 28.8 Å². The summed E-state index contributed by atoms with van der Waals surface area (Å²) < 4.78 is 38.6. The van der Waals surface area contributed by atoms with Gasteiger partial charge in [0.25, 0.3) is 5.91 Å². The highest BCUT2D eigenvalue weighted by Gasteiger charge is 2.32. The number of H-pyrrole nitrogens is 1. The fourth-order valence-corrected chi connectivity index (χ4v) is 3.31. The largest absolute Gasteiger partial charge is 0.416 e. The Morgan fingerprint density at radius 1 is 1.21 bits per heavy atom. The number of fused-ring (bicyclic) bond motifs is 1. The van der Waals surface area contributed by atoms with E-state index in [1.54, 1.807) is 11.1 Å². The Labute approximate surface area is 158 Å². The van der Waals surface area contributed by atoms with Gasteiger partial charge in [0, 0.05) is 24.7 Å². The van der Waals surface area contributed by atoms with E-state index in [2.05, 4.69) is 25.5 Å². The highest BCUT2D eigenvalue weighted by atomic mass is 19.4. The van der Waals surface area contributed by atoms with Crippen LogP contribution in [0.2, 0.25) is 0 Å². The molecule has 0 saturated carbocycles. The van der Waals surface area contributed by atoms with Gasteiger partial charge in [-0.1, -0.05) is 6.07 Å². The van der Waals surface area contributed by atoms with Crippen molar-refractivity contribution in [3.63, 3.8) is 0 Å². The van der Waals surface area contributed by atoms with E-state index in [0.717, 1.165) is 17.5 Å². The molecule has 1 amide bonds. The molecule has 0 unspecified atom stereocenters. The third-order valence-electron chi connectivity index (χ3n) is 4.81. The van der Waals surface area contributed by atoms with Crippen molar-refractivity contribution in [3.05, 3.63) is 47.9 Å². The van der Waals surface area contributed by atoms with Crippen LogP contribution in [0.3, 0.4) is 0 Å². The maximum Gasteiger partial charge on any atom is 0.416 e. The predicted octanol–water partition coefficient (Wildman–Crippen LogP) is 3.09. The number of anilines is 1. The first-order valence-corrected chi connectivity index (χ1v) is 8.79. The normalized spacial score (nSPS) is 15.8. The summed E-state index contributed by atoms with van der Waals surface area (Å²) in [6, 6.07) is 4.64. The molecule has 1 aliphatic rings. The molecule has 3 heterocycles. The molecule has 2 aromatic heterocycles. The molecule has 0 bridgehead atoms. The smallest absolute Gasteiger partial charge is 0.366 e. The van der Waals surface area contributed by atoms with Gasteiger partial charge in [0.1, 0.15) is 12.1 Å². The van der Waals surface area contributed by atoms with Crippen LogP contribution in [0, 0.1) is 0 Å². The number of nitrogens with zero attached hydrogens (tertiary/aromatic N) is 4. The molecule has 1 fully saturated rings. The average Bonchev–Trinajstić information content (AvgIpc) is 3.17. The van der Waals surface area contributed by atoms with E-state index in [1.165, 1.54) is 18.5 Å². The van der Waals surface area contributed by atoms with Crippen molar-refractivity contribution in [3.8, 4) is 0 Å². The number of carbonyl (C=O) groups is 1. The van der Waals surface area contributed by atoms with Gasteiger partial charge in [-0.15, -0.1) is 0 Å². The summed E-state index contributed by atoms with van der Waals surface area (Å²) in [6.45, 7) is 0.902. The lowest BCUT2D eigenvalue weighted by molar-refractivity contribution is -0.137. The number of halogens is 3. The molecule has 3 aromatic rings. The number of aromatic nitrogens is 4. The lowest BCUT2D eigenvalue weighted by Gasteiger charge is -2.32. The Kier molecular flexibility index (Phi) is 4.62. The summed E-state index contributed by atoms with van der Waals surface area (Å²) in [7, 11) is 0. The Balaban J connectivity index is 1.40. The zero-order chi connectivity index (χ0) is 19.7. The molecule has 0 aliphatic carbocycles. The number of hydrogen-bond donors (Lipinski definition) is 2. The first kappa shape index (κ1) is 18.2. The van der Waals surface area contributed by atoms with Crippen molar-refractivity contribution in [2.75, 3.05) is 18.4 Å². The van der Waals surface area contributed by atoms with Crippen molar-refractivity contribution in [2.45, 2.75) is 25.1 Å². The molecule has 0 spiro atoms. The van der Waals surface area contributed by atoms with Crippen LogP contribution in [0.5, 0.6) is 0 Å².